The zero-order valence-corrected chi connectivity index (χ0v) is 13.1. The van der Waals surface area contributed by atoms with Crippen LogP contribution in [0.4, 0.5) is 5.69 Å². The fraction of sp³-hybridized carbons (Fsp3) is 0.429. The molecule has 108 valence electrons. The molecule has 0 saturated carbocycles. The summed E-state index contributed by atoms with van der Waals surface area (Å²) in [5.41, 5.74) is 0.693. The lowest BCUT2D eigenvalue weighted by atomic mass is 10.1. The summed E-state index contributed by atoms with van der Waals surface area (Å²) in [4.78, 5) is 22.8. The summed E-state index contributed by atoms with van der Waals surface area (Å²) in [7, 11) is 0. The van der Waals surface area contributed by atoms with E-state index >= 15 is 0 Å². The van der Waals surface area contributed by atoms with E-state index in [0.717, 1.165) is 23.0 Å². The van der Waals surface area contributed by atoms with Gasteiger partial charge in [-0.2, -0.15) is 0 Å². The number of aromatic carboxylic acids is 1. The van der Waals surface area contributed by atoms with Crippen molar-refractivity contribution in [2.45, 2.75) is 31.8 Å². The first-order valence-corrected chi connectivity index (χ1v) is 7.58. The largest absolute Gasteiger partial charge is 0.478 e. The van der Waals surface area contributed by atoms with Crippen LogP contribution in [0.1, 0.15) is 36.0 Å². The first kappa shape index (κ1) is 15.2. The lowest BCUT2D eigenvalue weighted by molar-refractivity contribution is -0.116. The van der Waals surface area contributed by atoms with Crippen molar-refractivity contribution in [2.24, 2.45) is 0 Å². The van der Waals surface area contributed by atoms with Crippen LogP contribution in [0.5, 0.6) is 0 Å². The van der Waals surface area contributed by atoms with Gasteiger partial charge in [0.1, 0.15) is 0 Å². The highest BCUT2D eigenvalue weighted by molar-refractivity contribution is 14.1. The van der Waals surface area contributed by atoms with Crippen LogP contribution in [-0.4, -0.2) is 29.7 Å². The smallest absolute Gasteiger partial charge is 0.335 e. The van der Waals surface area contributed by atoms with Crippen LogP contribution in [0, 0.1) is 3.57 Å². The van der Waals surface area contributed by atoms with E-state index < -0.39 is 5.97 Å². The van der Waals surface area contributed by atoms with Crippen molar-refractivity contribution in [3.05, 3.63) is 27.3 Å². The van der Waals surface area contributed by atoms with Gasteiger partial charge in [-0.05, 0) is 60.1 Å². The number of hydrogen-bond donors (Lipinski definition) is 2. The van der Waals surface area contributed by atoms with Crippen molar-refractivity contribution in [1.82, 2.24) is 0 Å². The Hall–Kier alpha value is -1.15. The van der Waals surface area contributed by atoms with Gasteiger partial charge in [0.2, 0.25) is 5.91 Å². The van der Waals surface area contributed by atoms with Gasteiger partial charge in [-0.3, -0.25) is 4.79 Å². The van der Waals surface area contributed by atoms with E-state index in [2.05, 4.69) is 5.32 Å². The second-order valence-corrected chi connectivity index (χ2v) is 6.00. The van der Waals surface area contributed by atoms with Crippen molar-refractivity contribution in [3.8, 4) is 0 Å². The molecule has 1 amide bonds. The molecule has 0 aliphatic carbocycles. The summed E-state index contributed by atoms with van der Waals surface area (Å²) in [5, 5.41) is 11.7. The maximum Gasteiger partial charge on any atom is 0.335 e. The molecule has 20 heavy (non-hydrogen) atoms. The zero-order chi connectivity index (χ0) is 14.5. The van der Waals surface area contributed by atoms with Crippen LogP contribution in [0.15, 0.2) is 18.2 Å². The maximum atomic E-state index is 11.8. The molecular formula is C14H16INO4. The van der Waals surface area contributed by atoms with Gasteiger partial charge in [0.25, 0.3) is 0 Å². The molecule has 1 heterocycles. The molecule has 1 atom stereocenters. The Kier molecular flexibility index (Phi) is 5.36. The number of ether oxygens (including phenoxy) is 1. The second kappa shape index (κ2) is 7.03. The highest BCUT2D eigenvalue weighted by Crippen LogP contribution is 2.19. The van der Waals surface area contributed by atoms with E-state index in [9.17, 15) is 9.59 Å². The standard InChI is InChI=1S/C14H16INO4/c15-10-6-9(14(18)19)7-11(8-10)16-13(17)4-3-12-2-1-5-20-12/h6-8,12H,1-5H2,(H,16,17)(H,18,19). The van der Waals surface area contributed by atoms with Gasteiger partial charge in [0.05, 0.1) is 11.7 Å². The van der Waals surface area contributed by atoms with Gasteiger partial charge in [-0.15, -0.1) is 0 Å². The highest BCUT2D eigenvalue weighted by Gasteiger charge is 2.17. The number of nitrogens with one attached hydrogen (secondary N) is 1. The minimum atomic E-state index is -1.00. The number of halogens is 1. The van der Waals surface area contributed by atoms with E-state index in [1.165, 1.54) is 6.07 Å². The van der Waals surface area contributed by atoms with Crippen molar-refractivity contribution in [1.29, 1.82) is 0 Å². The first-order chi connectivity index (χ1) is 9.54. The van der Waals surface area contributed by atoms with Gasteiger partial charge in [0, 0.05) is 22.3 Å². The number of carboxylic acids is 1. The molecule has 1 saturated heterocycles. The number of amides is 1. The Morgan fingerprint density at radius 1 is 1.40 bits per heavy atom. The average molecular weight is 389 g/mol. The van der Waals surface area contributed by atoms with Gasteiger partial charge >= 0.3 is 5.97 Å². The van der Waals surface area contributed by atoms with E-state index in [-0.39, 0.29) is 17.6 Å². The summed E-state index contributed by atoms with van der Waals surface area (Å²) >= 11 is 2.03. The SMILES string of the molecule is O=C(CCC1CCCO1)Nc1cc(I)cc(C(=O)O)c1. The molecule has 0 radical (unpaired) electrons. The van der Waals surface area contributed by atoms with Crippen molar-refractivity contribution in [3.63, 3.8) is 0 Å². The molecule has 0 bridgehead atoms. The molecule has 1 aromatic rings. The Morgan fingerprint density at radius 2 is 2.20 bits per heavy atom. The Bertz CT molecular complexity index is 512. The monoisotopic (exact) mass is 389 g/mol. The summed E-state index contributed by atoms with van der Waals surface area (Å²) in [6, 6.07) is 4.77. The number of benzene rings is 1. The third-order valence-electron chi connectivity index (χ3n) is 3.15. The van der Waals surface area contributed by atoms with E-state index in [1.807, 2.05) is 22.6 Å². The van der Waals surface area contributed by atoms with Crippen molar-refractivity contribution < 1.29 is 19.4 Å². The minimum absolute atomic E-state index is 0.112. The first-order valence-electron chi connectivity index (χ1n) is 6.50. The normalized spacial score (nSPS) is 17.9. The van der Waals surface area contributed by atoms with Crippen LogP contribution in [0.25, 0.3) is 0 Å². The molecule has 2 rings (SSSR count). The summed E-state index contributed by atoms with van der Waals surface area (Å²) < 4.78 is 6.24. The Balaban J connectivity index is 1.91. The van der Waals surface area contributed by atoms with Crippen molar-refractivity contribution >= 4 is 40.2 Å². The van der Waals surface area contributed by atoms with E-state index in [4.69, 9.17) is 9.84 Å². The fourth-order valence-corrected chi connectivity index (χ4v) is 2.84. The molecular weight excluding hydrogens is 373 g/mol. The molecule has 1 aliphatic heterocycles. The van der Waals surface area contributed by atoms with Gasteiger partial charge in [0.15, 0.2) is 0 Å². The van der Waals surface area contributed by atoms with Gasteiger partial charge < -0.3 is 15.2 Å². The van der Waals surface area contributed by atoms with Crippen LogP contribution < -0.4 is 5.32 Å². The average Bonchev–Trinajstić information content (AvgIpc) is 2.88. The fourth-order valence-electron chi connectivity index (χ4n) is 2.17. The molecule has 0 aromatic heterocycles. The predicted molar refractivity (Wildman–Crippen MR) is 83.0 cm³/mol. The number of rotatable bonds is 5. The van der Waals surface area contributed by atoms with Crippen LogP contribution in [0.2, 0.25) is 0 Å². The predicted octanol–water partition coefficient (Wildman–Crippen LogP) is 2.89. The lowest BCUT2D eigenvalue weighted by Crippen LogP contribution is -2.15. The molecule has 1 unspecified atom stereocenters. The molecule has 6 heteroatoms. The topological polar surface area (TPSA) is 75.6 Å². The van der Waals surface area contributed by atoms with Gasteiger partial charge in [-0.1, -0.05) is 0 Å². The lowest BCUT2D eigenvalue weighted by Gasteiger charge is -2.10. The zero-order valence-electron chi connectivity index (χ0n) is 10.9. The maximum absolute atomic E-state index is 11.8. The minimum Gasteiger partial charge on any atom is -0.478 e. The number of carbonyl (C=O) groups excluding carboxylic acids is 1. The molecule has 2 N–H and O–H groups in total. The van der Waals surface area contributed by atoms with E-state index in [1.54, 1.807) is 12.1 Å². The van der Waals surface area contributed by atoms with Gasteiger partial charge in [-0.25, -0.2) is 4.79 Å². The highest BCUT2D eigenvalue weighted by atomic mass is 127. The third kappa shape index (κ3) is 4.45. The third-order valence-corrected chi connectivity index (χ3v) is 3.77. The molecule has 1 aromatic carbocycles. The van der Waals surface area contributed by atoms with Crippen LogP contribution in [0.3, 0.4) is 0 Å². The van der Waals surface area contributed by atoms with Crippen LogP contribution in [-0.2, 0) is 9.53 Å². The second-order valence-electron chi connectivity index (χ2n) is 4.76. The summed E-state index contributed by atoms with van der Waals surface area (Å²) in [6.07, 6.45) is 3.36. The van der Waals surface area contributed by atoms with Crippen molar-refractivity contribution in [2.75, 3.05) is 11.9 Å². The Morgan fingerprint density at radius 3 is 2.85 bits per heavy atom. The number of hydrogen-bond acceptors (Lipinski definition) is 3. The Labute approximate surface area is 130 Å². The molecule has 0 spiro atoms. The van der Waals surface area contributed by atoms with E-state index in [0.29, 0.717) is 18.5 Å². The number of carbonyl (C=O) groups is 2. The number of carboxylic acid groups (broad SMARTS) is 1. The molecule has 1 fully saturated rings. The van der Waals surface area contributed by atoms with Crippen LogP contribution >= 0.6 is 22.6 Å². The summed E-state index contributed by atoms with van der Waals surface area (Å²) in [5.74, 6) is -1.11. The summed E-state index contributed by atoms with van der Waals surface area (Å²) in [6.45, 7) is 0.783. The quantitative estimate of drug-likeness (QED) is 0.760. The molecule has 1 aliphatic rings. The molecule has 5 nitrogen and oxygen atoms in total. The number of anilines is 1.